The van der Waals surface area contributed by atoms with Gasteiger partial charge in [-0.3, -0.25) is 9.59 Å². The summed E-state index contributed by atoms with van der Waals surface area (Å²) in [5.74, 6) is 0.375. The zero-order valence-electron chi connectivity index (χ0n) is 12.7. The SMILES string of the molecule is Cc1nc(C2CC2)oc1C(=O)N1CC[C@]2(C(=O)O)CCC[C@H]12. The molecule has 2 aliphatic carbocycles. The molecule has 6 nitrogen and oxygen atoms in total. The van der Waals surface area contributed by atoms with Gasteiger partial charge in [0.05, 0.1) is 11.1 Å². The molecule has 1 aromatic rings. The molecule has 0 bridgehead atoms. The third-order valence-corrected chi connectivity index (χ3v) is 5.53. The first-order valence-electron chi connectivity index (χ1n) is 8.04. The van der Waals surface area contributed by atoms with Crippen LogP contribution in [-0.2, 0) is 4.79 Å². The van der Waals surface area contributed by atoms with Crippen molar-refractivity contribution < 1.29 is 19.1 Å². The lowest BCUT2D eigenvalue weighted by Gasteiger charge is -2.28. The minimum atomic E-state index is -0.765. The van der Waals surface area contributed by atoms with E-state index >= 15 is 0 Å². The second-order valence-corrected chi connectivity index (χ2v) is 6.86. The van der Waals surface area contributed by atoms with Crippen molar-refractivity contribution in [2.45, 2.75) is 57.4 Å². The number of carbonyl (C=O) groups excluding carboxylic acids is 1. The molecule has 4 rings (SSSR count). The van der Waals surface area contributed by atoms with E-state index in [0.29, 0.717) is 42.6 Å². The molecule has 1 saturated heterocycles. The number of carboxylic acids is 1. The van der Waals surface area contributed by atoms with Gasteiger partial charge in [-0.1, -0.05) is 6.42 Å². The largest absolute Gasteiger partial charge is 0.481 e. The van der Waals surface area contributed by atoms with E-state index in [4.69, 9.17) is 4.42 Å². The Morgan fingerprint density at radius 3 is 2.77 bits per heavy atom. The first-order valence-corrected chi connectivity index (χ1v) is 8.04. The number of nitrogens with zero attached hydrogens (tertiary/aromatic N) is 2. The van der Waals surface area contributed by atoms with E-state index in [2.05, 4.69) is 4.98 Å². The van der Waals surface area contributed by atoms with Crippen LogP contribution in [-0.4, -0.2) is 39.5 Å². The van der Waals surface area contributed by atoms with Gasteiger partial charge in [-0.15, -0.1) is 0 Å². The summed E-state index contributed by atoms with van der Waals surface area (Å²) in [5, 5.41) is 9.61. The average molecular weight is 304 g/mol. The Balaban J connectivity index is 1.62. The van der Waals surface area contributed by atoms with Crippen LogP contribution in [0.15, 0.2) is 4.42 Å². The Morgan fingerprint density at radius 2 is 2.09 bits per heavy atom. The van der Waals surface area contributed by atoms with Crippen LogP contribution in [0.3, 0.4) is 0 Å². The average Bonchev–Trinajstić information content (AvgIpc) is 2.95. The number of likely N-dealkylation sites (tertiary alicyclic amines) is 1. The Labute approximate surface area is 128 Å². The van der Waals surface area contributed by atoms with E-state index < -0.39 is 11.4 Å². The summed E-state index contributed by atoms with van der Waals surface area (Å²) in [5.41, 5.74) is -0.124. The number of aromatic nitrogens is 1. The number of hydrogen-bond acceptors (Lipinski definition) is 4. The Hall–Kier alpha value is -1.85. The predicted molar refractivity (Wildman–Crippen MR) is 76.6 cm³/mol. The summed E-state index contributed by atoms with van der Waals surface area (Å²) in [6.45, 7) is 2.28. The highest BCUT2D eigenvalue weighted by Crippen LogP contribution is 2.49. The fraction of sp³-hybridized carbons (Fsp3) is 0.688. The van der Waals surface area contributed by atoms with Crippen LogP contribution in [0.4, 0.5) is 0 Å². The fourth-order valence-electron chi connectivity index (χ4n) is 4.13. The van der Waals surface area contributed by atoms with E-state index in [-0.39, 0.29) is 11.9 Å². The van der Waals surface area contributed by atoms with Gasteiger partial charge >= 0.3 is 5.97 Å². The number of aryl methyl sites for hydroxylation is 1. The molecule has 3 fully saturated rings. The number of amides is 1. The predicted octanol–water partition coefficient (Wildman–Crippen LogP) is 2.33. The summed E-state index contributed by atoms with van der Waals surface area (Å²) >= 11 is 0. The summed E-state index contributed by atoms with van der Waals surface area (Å²) in [6, 6.07) is -0.202. The van der Waals surface area contributed by atoms with Crippen molar-refractivity contribution in [1.29, 1.82) is 0 Å². The number of carbonyl (C=O) groups is 2. The van der Waals surface area contributed by atoms with Crippen molar-refractivity contribution in [2.24, 2.45) is 5.41 Å². The Kier molecular flexibility index (Phi) is 2.86. The molecule has 0 aromatic carbocycles. The quantitative estimate of drug-likeness (QED) is 0.926. The van der Waals surface area contributed by atoms with E-state index in [0.717, 1.165) is 25.7 Å². The van der Waals surface area contributed by atoms with Gasteiger partial charge in [-0.2, -0.15) is 0 Å². The summed E-state index contributed by atoms with van der Waals surface area (Å²) < 4.78 is 5.70. The maximum absolute atomic E-state index is 12.8. The zero-order valence-corrected chi connectivity index (χ0v) is 12.7. The molecule has 1 aliphatic heterocycles. The van der Waals surface area contributed by atoms with Gasteiger partial charge < -0.3 is 14.4 Å². The molecule has 1 aromatic heterocycles. The van der Waals surface area contributed by atoms with Crippen LogP contribution >= 0.6 is 0 Å². The Bertz CT molecular complexity index is 649. The molecule has 0 unspecified atom stereocenters. The number of hydrogen-bond donors (Lipinski definition) is 1. The van der Waals surface area contributed by atoms with Crippen molar-refractivity contribution in [3.8, 4) is 0 Å². The van der Waals surface area contributed by atoms with Crippen LogP contribution in [0.25, 0.3) is 0 Å². The van der Waals surface area contributed by atoms with Crippen LogP contribution in [0, 0.1) is 12.3 Å². The van der Waals surface area contributed by atoms with Gasteiger partial charge in [-0.05, 0) is 39.0 Å². The lowest BCUT2D eigenvalue weighted by Crippen LogP contribution is -2.43. The number of rotatable bonds is 3. The maximum atomic E-state index is 12.8. The van der Waals surface area contributed by atoms with Gasteiger partial charge in [-0.25, -0.2) is 4.98 Å². The van der Waals surface area contributed by atoms with Gasteiger partial charge in [0.1, 0.15) is 0 Å². The Morgan fingerprint density at radius 1 is 1.32 bits per heavy atom. The molecule has 0 radical (unpaired) electrons. The second-order valence-electron chi connectivity index (χ2n) is 6.86. The summed E-state index contributed by atoms with van der Waals surface area (Å²) in [4.78, 5) is 30.6. The normalized spacial score (nSPS) is 30.6. The van der Waals surface area contributed by atoms with Crippen molar-refractivity contribution in [3.63, 3.8) is 0 Å². The van der Waals surface area contributed by atoms with Crippen molar-refractivity contribution in [2.75, 3.05) is 6.54 Å². The van der Waals surface area contributed by atoms with Crippen LogP contribution in [0.5, 0.6) is 0 Å². The van der Waals surface area contributed by atoms with E-state index in [1.165, 1.54) is 0 Å². The highest BCUT2D eigenvalue weighted by molar-refractivity contribution is 5.94. The van der Waals surface area contributed by atoms with E-state index in [1.54, 1.807) is 11.8 Å². The topological polar surface area (TPSA) is 83.6 Å². The van der Waals surface area contributed by atoms with Crippen LogP contribution < -0.4 is 0 Å². The number of fused-ring (bicyclic) bond motifs is 1. The second kappa shape index (κ2) is 4.57. The third kappa shape index (κ3) is 1.82. The highest BCUT2D eigenvalue weighted by Gasteiger charge is 2.57. The molecule has 1 N–H and O–H groups in total. The minimum Gasteiger partial charge on any atom is -0.481 e. The zero-order chi connectivity index (χ0) is 15.5. The lowest BCUT2D eigenvalue weighted by atomic mass is 9.82. The smallest absolute Gasteiger partial charge is 0.311 e. The standard InChI is InChI=1S/C16H20N2O4/c1-9-12(22-13(17-9)10-4-5-10)14(19)18-8-7-16(15(20)21)6-2-3-11(16)18/h10-11H,2-8H2,1H3,(H,20,21)/t11-,16+/m0/s1. The molecule has 0 spiro atoms. The summed E-state index contributed by atoms with van der Waals surface area (Å²) in [6.07, 6.45) is 4.98. The maximum Gasteiger partial charge on any atom is 0.311 e. The van der Waals surface area contributed by atoms with Gasteiger partial charge in [0.2, 0.25) is 5.76 Å². The van der Waals surface area contributed by atoms with Gasteiger partial charge in [0.15, 0.2) is 5.89 Å². The van der Waals surface area contributed by atoms with Gasteiger partial charge in [0.25, 0.3) is 5.91 Å². The first kappa shape index (κ1) is 13.8. The minimum absolute atomic E-state index is 0.188. The molecule has 2 heterocycles. The third-order valence-electron chi connectivity index (χ3n) is 5.53. The van der Waals surface area contributed by atoms with Crippen molar-refractivity contribution >= 4 is 11.9 Å². The monoisotopic (exact) mass is 304 g/mol. The van der Waals surface area contributed by atoms with Crippen molar-refractivity contribution in [1.82, 2.24) is 9.88 Å². The van der Waals surface area contributed by atoms with Gasteiger partial charge in [0, 0.05) is 18.5 Å². The summed E-state index contributed by atoms with van der Waals surface area (Å²) in [7, 11) is 0. The molecular weight excluding hydrogens is 284 g/mol. The van der Waals surface area contributed by atoms with Crippen LogP contribution in [0.2, 0.25) is 0 Å². The molecular formula is C16H20N2O4. The first-order chi connectivity index (χ1) is 10.5. The number of carboxylic acid groups (broad SMARTS) is 1. The molecule has 2 atom stereocenters. The van der Waals surface area contributed by atoms with E-state index in [1.807, 2.05) is 0 Å². The van der Waals surface area contributed by atoms with E-state index in [9.17, 15) is 14.7 Å². The fourth-order valence-corrected chi connectivity index (χ4v) is 4.13. The molecule has 3 aliphatic rings. The molecule has 2 saturated carbocycles. The molecule has 22 heavy (non-hydrogen) atoms. The lowest BCUT2D eigenvalue weighted by molar-refractivity contribution is -0.149. The molecule has 1 amide bonds. The molecule has 6 heteroatoms. The molecule has 118 valence electrons. The number of oxazole rings is 1. The van der Waals surface area contributed by atoms with Crippen molar-refractivity contribution in [3.05, 3.63) is 17.3 Å². The van der Waals surface area contributed by atoms with Crippen LogP contribution in [0.1, 0.15) is 66.6 Å². The number of aliphatic carboxylic acids is 1. The highest BCUT2D eigenvalue weighted by atomic mass is 16.4.